The molecule has 0 amide bonds. The monoisotopic (exact) mass is 329 g/mol. The van der Waals surface area contributed by atoms with Crippen LogP contribution < -0.4 is 5.32 Å². The van der Waals surface area contributed by atoms with E-state index in [1.807, 2.05) is 37.3 Å². The van der Waals surface area contributed by atoms with Gasteiger partial charge in [0.25, 0.3) is 6.43 Å². The first kappa shape index (κ1) is 16.3. The van der Waals surface area contributed by atoms with E-state index in [-0.39, 0.29) is 0 Å². The largest absolute Gasteiger partial charge is 0.377 e. The van der Waals surface area contributed by atoms with Crippen LogP contribution in [0, 0.1) is 0 Å². The minimum atomic E-state index is -2.72. The van der Waals surface area contributed by atoms with Gasteiger partial charge in [0.1, 0.15) is 5.82 Å². The van der Waals surface area contributed by atoms with Crippen molar-refractivity contribution >= 4 is 22.4 Å². The van der Waals surface area contributed by atoms with Crippen molar-refractivity contribution in [3.05, 3.63) is 59.9 Å². The molecule has 0 saturated heterocycles. The van der Waals surface area contributed by atoms with E-state index < -0.39 is 12.2 Å². The van der Waals surface area contributed by atoms with Crippen LogP contribution in [0.3, 0.4) is 0 Å². The highest BCUT2D eigenvalue weighted by Crippen LogP contribution is 2.27. The Morgan fingerprint density at radius 3 is 2.50 bits per heavy atom. The van der Waals surface area contributed by atoms with Gasteiger partial charge in [0, 0.05) is 17.7 Å². The maximum absolute atomic E-state index is 13.0. The molecule has 0 saturated carbocycles. The van der Waals surface area contributed by atoms with Gasteiger partial charge in [-0.1, -0.05) is 24.3 Å². The summed E-state index contributed by atoms with van der Waals surface area (Å²) >= 11 is 0. The lowest BCUT2D eigenvalue weighted by molar-refractivity contribution is 0.134. The van der Waals surface area contributed by atoms with Crippen LogP contribution >= 0.6 is 0 Å². The van der Waals surface area contributed by atoms with Crippen molar-refractivity contribution in [3.63, 3.8) is 0 Å². The van der Waals surface area contributed by atoms with Crippen molar-refractivity contribution in [1.29, 1.82) is 0 Å². The molecule has 24 heavy (non-hydrogen) atoms. The summed E-state index contributed by atoms with van der Waals surface area (Å²) in [5.41, 5.74) is 2.29. The highest BCUT2D eigenvalue weighted by molar-refractivity contribution is 5.90. The first-order valence-electron chi connectivity index (χ1n) is 7.66. The van der Waals surface area contributed by atoms with Crippen LogP contribution in [0.15, 0.2) is 48.5 Å². The molecule has 4 nitrogen and oxygen atoms in total. The van der Waals surface area contributed by atoms with E-state index in [4.69, 9.17) is 4.74 Å². The Kier molecular flexibility index (Phi) is 4.96. The summed E-state index contributed by atoms with van der Waals surface area (Å²) in [6.45, 7) is 3.14. The van der Waals surface area contributed by atoms with E-state index in [0.29, 0.717) is 29.9 Å². The predicted octanol–water partition coefficient (Wildman–Crippen LogP) is 4.85. The number of fused-ring (bicyclic) bond motifs is 1. The van der Waals surface area contributed by atoms with E-state index >= 15 is 0 Å². The number of nitrogens with one attached hydrogen (secondary N) is 1. The highest BCUT2D eigenvalue weighted by Gasteiger charge is 2.15. The standard InChI is InChI=1S/C18H17F2N3O/c1-2-24-11-12-7-9-13(10-8-12)21-17-14-5-3-4-6-15(14)22-18(23-17)16(19)20/h3-10,16H,2,11H2,1H3,(H,21,22,23). The highest BCUT2D eigenvalue weighted by atomic mass is 19.3. The number of para-hydroxylation sites is 1. The van der Waals surface area contributed by atoms with Gasteiger partial charge in [-0.15, -0.1) is 0 Å². The smallest absolute Gasteiger partial charge is 0.297 e. The Morgan fingerprint density at radius 2 is 1.79 bits per heavy atom. The lowest BCUT2D eigenvalue weighted by atomic mass is 10.2. The summed E-state index contributed by atoms with van der Waals surface area (Å²) in [5.74, 6) is -0.113. The first-order chi connectivity index (χ1) is 11.7. The van der Waals surface area contributed by atoms with Crippen LogP contribution in [0.4, 0.5) is 20.3 Å². The zero-order chi connectivity index (χ0) is 16.9. The van der Waals surface area contributed by atoms with Crippen LogP contribution in [0.2, 0.25) is 0 Å². The number of aromatic nitrogens is 2. The second-order valence-electron chi connectivity index (χ2n) is 5.21. The van der Waals surface area contributed by atoms with E-state index in [2.05, 4.69) is 15.3 Å². The van der Waals surface area contributed by atoms with Gasteiger partial charge >= 0.3 is 0 Å². The van der Waals surface area contributed by atoms with E-state index in [9.17, 15) is 8.78 Å². The number of anilines is 2. The molecule has 0 bridgehead atoms. The van der Waals surface area contributed by atoms with Crippen molar-refractivity contribution in [2.45, 2.75) is 20.0 Å². The van der Waals surface area contributed by atoms with Crippen LogP contribution in [0.25, 0.3) is 10.9 Å². The molecule has 0 aliphatic carbocycles. The third kappa shape index (κ3) is 3.65. The lowest BCUT2D eigenvalue weighted by Crippen LogP contribution is -2.02. The molecule has 0 atom stereocenters. The Morgan fingerprint density at radius 1 is 1.04 bits per heavy atom. The summed E-state index contributed by atoms with van der Waals surface area (Å²) < 4.78 is 31.4. The number of hydrogen-bond acceptors (Lipinski definition) is 4. The van der Waals surface area contributed by atoms with Crippen molar-refractivity contribution in [1.82, 2.24) is 9.97 Å². The number of ether oxygens (including phenoxy) is 1. The topological polar surface area (TPSA) is 47.0 Å². The number of alkyl halides is 2. The van der Waals surface area contributed by atoms with Gasteiger partial charge in [-0.25, -0.2) is 18.7 Å². The summed E-state index contributed by atoms with van der Waals surface area (Å²) in [5, 5.41) is 3.79. The molecule has 0 fully saturated rings. The van der Waals surface area contributed by atoms with Crippen molar-refractivity contribution in [3.8, 4) is 0 Å². The molecule has 0 spiro atoms. The van der Waals surface area contributed by atoms with Crippen LogP contribution in [0.1, 0.15) is 24.7 Å². The number of benzene rings is 2. The maximum atomic E-state index is 13.0. The molecule has 3 aromatic rings. The van der Waals surface area contributed by atoms with E-state index in [1.54, 1.807) is 18.2 Å². The van der Waals surface area contributed by atoms with Gasteiger partial charge in [-0.3, -0.25) is 0 Å². The Hall–Kier alpha value is -2.60. The molecular weight excluding hydrogens is 312 g/mol. The molecule has 0 unspecified atom stereocenters. The fraction of sp³-hybridized carbons (Fsp3) is 0.222. The number of halogens is 2. The molecule has 6 heteroatoms. The van der Waals surface area contributed by atoms with Gasteiger partial charge in [0.2, 0.25) is 0 Å². The molecule has 1 N–H and O–H groups in total. The lowest BCUT2D eigenvalue weighted by Gasteiger charge is -2.11. The zero-order valence-corrected chi connectivity index (χ0v) is 13.2. The Labute approximate surface area is 138 Å². The van der Waals surface area contributed by atoms with Crippen LogP contribution in [-0.2, 0) is 11.3 Å². The van der Waals surface area contributed by atoms with Crippen molar-refractivity contribution in [2.24, 2.45) is 0 Å². The molecule has 0 aliphatic rings. The second kappa shape index (κ2) is 7.31. The predicted molar refractivity (Wildman–Crippen MR) is 89.5 cm³/mol. The van der Waals surface area contributed by atoms with E-state index in [0.717, 1.165) is 11.3 Å². The fourth-order valence-corrected chi connectivity index (χ4v) is 2.33. The van der Waals surface area contributed by atoms with Crippen molar-refractivity contribution < 1.29 is 13.5 Å². The SMILES string of the molecule is CCOCc1ccc(Nc2nc(C(F)F)nc3ccccc23)cc1. The first-order valence-corrected chi connectivity index (χ1v) is 7.66. The van der Waals surface area contributed by atoms with Crippen LogP contribution in [-0.4, -0.2) is 16.6 Å². The molecule has 0 aliphatic heterocycles. The molecule has 3 rings (SSSR count). The third-order valence-electron chi connectivity index (χ3n) is 3.51. The summed E-state index contributed by atoms with van der Waals surface area (Å²) in [6, 6.07) is 14.7. The van der Waals surface area contributed by atoms with Gasteiger partial charge in [-0.2, -0.15) is 0 Å². The second-order valence-corrected chi connectivity index (χ2v) is 5.21. The van der Waals surface area contributed by atoms with Crippen LogP contribution in [0.5, 0.6) is 0 Å². The van der Waals surface area contributed by atoms with Gasteiger partial charge in [-0.05, 0) is 36.8 Å². The minimum absolute atomic E-state index is 0.369. The zero-order valence-electron chi connectivity index (χ0n) is 13.2. The summed E-state index contributed by atoms with van der Waals surface area (Å²) in [4.78, 5) is 7.88. The quantitative estimate of drug-likeness (QED) is 0.702. The molecule has 0 radical (unpaired) electrons. The molecule has 2 aromatic carbocycles. The average Bonchev–Trinajstić information content (AvgIpc) is 2.61. The molecule has 1 aromatic heterocycles. The number of hydrogen-bond donors (Lipinski definition) is 1. The average molecular weight is 329 g/mol. The Bertz CT molecular complexity index is 822. The molecular formula is C18H17F2N3O. The third-order valence-corrected chi connectivity index (χ3v) is 3.51. The fourth-order valence-electron chi connectivity index (χ4n) is 2.33. The molecule has 1 heterocycles. The van der Waals surface area contributed by atoms with Gasteiger partial charge < -0.3 is 10.1 Å². The normalized spacial score (nSPS) is 11.2. The van der Waals surface area contributed by atoms with Gasteiger partial charge in [0.05, 0.1) is 12.1 Å². The maximum Gasteiger partial charge on any atom is 0.297 e. The minimum Gasteiger partial charge on any atom is -0.377 e. The van der Waals surface area contributed by atoms with Crippen molar-refractivity contribution in [2.75, 3.05) is 11.9 Å². The Balaban J connectivity index is 1.91. The number of rotatable bonds is 6. The van der Waals surface area contributed by atoms with Gasteiger partial charge in [0.15, 0.2) is 5.82 Å². The summed E-state index contributed by atoms with van der Waals surface area (Å²) in [7, 11) is 0. The number of nitrogens with zero attached hydrogens (tertiary/aromatic N) is 2. The molecule has 124 valence electrons. The van der Waals surface area contributed by atoms with E-state index in [1.165, 1.54) is 0 Å². The summed E-state index contributed by atoms with van der Waals surface area (Å²) in [6.07, 6.45) is -2.72.